The molecule has 1 heterocycles. The van der Waals surface area contributed by atoms with Crippen LogP contribution in [-0.2, 0) is 4.79 Å². The fourth-order valence-corrected chi connectivity index (χ4v) is 4.97. The van der Waals surface area contributed by atoms with Gasteiger partial charge in [-0.15, -0.1) is 11.8 Å². The number of benzene rings is 3. The molecule has 4 rings (SSSR count). The van der Waals surface area contributed by atoms with Crippen LogP contribution in [0.15, 0.2) is 66.7 Å². The number of nitrogens with zero attached hydrogens (tertiary/aromatic N) is 1. The van der Waals surface area contributed by atoms with Gasteiger partial charge in [0.15, 0.2) is 0 Å². The molecule has 1 aliphatic rings. The summed E-state index contributed by atoms with van der Waals surface area (Å²) in [5.74, 6) is 0.457. The van der Waals surface area contributed by atoms with Crippen molar-refractivity contribution in [1.29, 1.82) is 0 Å². The van der Waals surface area contributed by atoms with Gasteiger partial charge in [-0.1, -0.05) is 36.4 Å². The topological polar surface area (TPSA) is 49.4 Å². The van der Waals surface area contributed by atoms with Crippen molar-refractivity contribution in [3.8, 4) is 0 Å². The molecule has 2 amide bonds. The Balaban J connectivity index is 1.55. The number of carbonyl (C=O) groups is 2. The van der Waals surface area contributed by atoms with Crippen molar-refractivity contribution in [1.82, 2.24) is 0 Å². The smallest absolute Gasteiger partial charge is 0.255 e. The lowest BCUT2D eigenvalue weighted by Crippen LogP contribution is -2.28. The molecule has 3 aromatic rings. The highest BCUT2D eigenvalue weighted by Crippen LogP contribution is 2.42. The summed E-state index contributed by atoms with van der Waals surface area (Å²) in [7, 11) is 0. The number of hydrogen-bond acceptors (Lipinski definition) is 3. The molecule has 1 atom stereocenters. The Morgan fingerprint density at radius 1 is 0.967 bits per heavy atom. The first-order valence-electron chi connectivity index (χ1n) is 9.91. The zero-order chi connectivity index (χ0) is 21.3. The number of aryl methyl sites for hydroxylation is 3. The highest BCUT2D eigenvalue weighted by Gasteiger charge is 2.34. The van der Waals surface area contributed by atoms with E-state index < -0.39 is 0 Å². The Labute approximate surface area is 181 Å². The Kier molecular flexibility index (Phi) is 5.64. The number of thioether (sulfide) groups is 1. The average Bonchev–Trinajstić information content (AvgIpc) is 3.09. The lowest BCUT2D eigenvalue weighted by atomic mass is 10.1. The van der Waals surface area contributed by atoms with Crippen LogP contribution in [0.25, 0.3) is 0 Å². The quantitative estimate of drug-likeness (QED) is 0.598. The van der Waals surface area contributed by atoms with Crippen LogP contribution in [0.1, 0.15) is 38.0 Å². The van der Waals surface area contributed by atoms with Gasteiger partial charge in [0.25, 0.3) is 5.91 Å². The fourth-order valence-electron chi connectivity index (χ4n) is 3.80. The molecule has 1 aliphatic heterocycles. The first kappa shape index (κ1) is 20.2. The maximum absolute atomic E-state index is 12.6. The number of amides is 2. The van der Waals surface area contributed by atoms with Gasteiger partial charge in [-0.25, -0.2) is 0 Å². The minimum absolute atomic E-state index is 0.0696. The van der Waals surface area contributed by atoms with E-state index in [0.29, 0.717) is 11.3 Å². The molecule has 3 aromatic carbocycles. The number of anilines is 2. The van der Waals surface area contributed by atoms with Crippen LogP contribution < -0.4 is 10.2 Å². The lowest BCUT2D eigenvalue weighted by Gasteiger charge is -2.25. The molecule has 0 bridgehead atoms. The van der Waals surface area contributed by atoms with Gasteiger partial charge in [0.05, 0.1) is 5.75 Å². The highest BCUT2D eigenvalue weighted by atomic mass is 32.2. The van der Waals surface area contributed by atoms with Crippen molar-refractivity contribution in [2.75, 3.05) is 16.0 Å². The second-order valence-electron chi connectivity index (χ2n) is 7.66. The van der Waals surface area contributed by atoms with Gasteiger partial charge >= 0.3 is 0 Å². The molecule has 5 heteroatoms. The van der Waals surface area contributed by atoms with Crippen LogP contribution in [0.2, 0.25) is 0 Å². The molecule has 30 heavy (non-hydrogen) atoms. The minimum atomic E-state index is -0.122. The number of nitrogens with one attached hydrogen (secondary N) is 1. The Morgan fingerprint density at radius 3 is 2.30 bits per heavy atom. The molecule has 0 saturated carbocycles. The fraction of sp³-hybridized carbons (Fsp3) is 0.200. The Morgan fingerprint density at radius 2 is 1.63 bits per heavy atom. The van der Waals surface area contributed by atoms with Gasteiger partial charge in [0.2, 0.25) is 5.91 Å². The first-order valence-corrected chi connectivity index (χ1v) is 11.0. The molecule has 1 saturated heterocycles. The largest absolute Gasteiger partial charge is 0.322 e. The third-order valence-electron chi connectivity index (χ3n) is 5.20. The number of carbonyl (C=O) groups excluding carboxylic acids is 2. The van der Waals surface area contributed by atoms with E-state index in [1.807, 2.05) is 74.2 Å². The zero-order valence-electron chi connectivity index (χ0n) is 17.3. The van der Waals surface area contributed by atoms with Crippen LogP contribution in [0.3, 0.4) is 0 Å². The average molecular weight is 417 g/mol. The van der Waals surface area contributed by atoms with Gasteiger partial charge in [0.1, 0.15) is 5.37 Å². The molecular weight excluding hydrogens is 392 g/mol. The standard InChI is InChI=1S/C25H24N2O2S/c1-16-12-17(2)14-21(13-16)27-23(28)15-30-25(27)19-8-10-20(11-9-19)26-24(29)22-7-5-4-6-18(22)3/h4-14,25H,15H2,1-3H3,(H,26,29)/t25-/m0/s1. The molecule has 0 aromatic heterocycles. The predicted molar refractivity (Wildman–Crippen MR) is 124 cm³/mol. The van der Waals surface area contributed by atoms with Crippen LogP contribution in [0.5, 0.6) is 0 Å². The van der Waals surface area contributed by atoms with Gasteiger partial charge in [-0.3, -0.25) is 14.5 Å². The van der Waals surface area contributed by atoms with Gasteiger partial charge < -0.3 is 5.32 Å². The maximum atomic E-state index is 12.6. The van der Waals surface area contributed by atoms with E-state index in [1.165, 1.54) is 0 Å². The third-order valence-corrected chi connectivity index (χ3v) is 6.41. The second kappa shape index (κ2) is 8.36. The van der Waals surface area contributed by atoms with Crippen LogP contribution >= 0.6 is 11.8 Å². The molecule has 0 aliphatic carbocycles. The maximum Gasteiger partial charge on any atom is 0.255 e. The highest BCUT2D eigenvalue weighted by molar-refractivity contribution is 8.00. The van der Waals surface area contributed by atoms with Gasteiger partial charge in [-0.2, -0.15) is 0 Å². The first-order chi connectivity index (χ1) is 14.4. The van der Waals surface area contributed by atoms with Crippen LogP contribution in [-0.4, -0.2) is 17.6 Å². The summed E-state index contributed by atoms with van der Waals surface area (Å²) < 4.78 is 0. The Hall–Kier alpha value is -3.05. The molecule has 0 radical (unpaired) electrons. The van der Waals surface area contributed by atoms with Crippen molar-refractivity contribution < 1.29 is 9.59 Å². The summed E-state index contributed by atoms with van der Waals surface area (Å²) in [6.45, 7) is 6.02. The number of rotatable bonds is 4. The van der Waals surface area contributed by atoms with Gasteiger partial charge in [0, 0.05) is 16.9 Å². The van der Waals surface area contributed by atoms with E-state index in [-0.39, 0.29) is 17.2 Å². The molecule has 4 nitrogen and oxygen atoms in total. The molecular formula is C25H24N2O2S. The van der Waals surface area contributed by atoms with Crippen molar-refractivity contribution in [2.24, 2.45) is 0 Å². The predicted octanol–water partition coefficient (Wildman–Crippen LogP) is 5.64. The summed E-state index contributed by atoms with van der Waals surface area (Å²) >= 11 is 1.63. The molecule has 152 valence electrons. The molecule has 0 unspecified atom stereocenters. The Bertz CT molecular complexity index is 1090. The second-order valence-corrected chi connectivity index (χ2v) is 8.73. The summed E-state index contributed by atoms with van der Waals surface area (Å²) in [6.07, 6.45) is 0. The minimum Gasteiger partial charge on any atom is -0.322 e. The van der Waals surface area contributed by atoms with Gasteiger partial charge in [-0.05, 0) is 73.4 Å². The molecule has 1 N–H and O–H groups in total. The van der Waals surface area contributed by atoms with Crippen molar-refractivity contribution in [3.63, 3.8) is 0 Å². The lowest BCUT2D eigenvalue weighted by molar-refractivity contribution is -0.115. The molecule has 1 fully saturated rings. The normalized spacial score (nSPS) is 16.0. The third kappa shape index (κ3) is 4.12. The van der Waals surface area contributed by atoms with Crippen LogP contribution in [0.4, 0.5) is 11.4 Å². The van der Waals surface area contributed by atoms with Crippen molar-refractivity contribution in [3.05, 3.63) is 94.5 Å². The van der Waals surface area contributed by atoms with E-state index in [2.05, 4.69) is 23.5 Å². The van der Waals surface area contributed by atoms with Crippen molar-refractivity contribution in [2.45, 2.75) is 26.1 Å². The SMILES string of the molecule is Cc1cc(C)cc(N2C(=O)CS[C@H]2c2ccc(NC(=O)c3ccccc3C)cc2)c1. The van der Waals surface area contributed by atoms with E-state index in [9.17, 15) is 9.59 Å². The van der Waals surface area contributed by atoms with E-state index in [0.717, 1.165) is 33.6 Å². The zero-order valence-corrected chi connectivity index (χ0v) is 18.1. The number of hydrogen-bond donors (Lipinski definition) is 1. The van der Waals surface area contributed by atoms with E-state index >= 15 is 0 Å². The van der Waals surface area contributed by atoms with Crippen molar-refractivity contribution >= 4 is 35.0 Å². The summed E-state index contributed by atoms with van der Waals surface area (Å²) in [5.41, 5.74) is 6.60. The van der Waals surface area contributed by atoms with Crippen LogP contribution in [0, 0.1) is 20.8 Å². The summed E-state index contributed by atoms with van der Waals surface area (Å²) in [4.78, 5) is 27.1. The summed E-state index contributed by atoms with van der Waals surface area (Å²) in [6, 6.07) is 21.5. The molecule has 0 spiro atoms. The van der Waals surface area contributed by atoms with E-state index in [1.54, 1.807) is 11.8 Å². The van der Waals surface area contributed by atoms with E-state index in [4.69, 9.17) is 0 Å². The monoisotopic (exact) mass is 416 g/mol. The summed E-state index contributed by atoms with van der Waals surface area (Å²) in [5, 5.41) is 2.89.